The smallest absolute Gasteiger partial charge is 0.331 e. The minimum atomic E-state index is -0.571. The summed E-state index contributed by atoms with van der Waals surface area (Å²) >= 11 is 1.43. The zero-order chi connectivity index (χ0) is 18.9. The van der Waals surface area contributed by atoms with E-state index in [0.717, 1.165) is 16.9 Å². The van der Waals surface area contributed by atoms with E-state index in [1.54, 1.807) is 37.5 Å². The number of carbonyl (C=O) groups excluding carboxylic acids is 2. The monoisotopic (exact) mass is 374 g/mol. The molecule has 5 nitrogen and oxygen atoms in total. The average Bonchev–Trinajstić information content (AvgIpc) is 3.14. The van der Waals surface area contributed by atoms with Gasteiger partial charge in [0.1, 0.15) is 0 Å². The Kier molecular flexibility index (Phi) is 7.41. The molecule has 0 aliphatic heterocycles. The van der Waals surface area contributed by atoms with Gasteiger partial charge in [0, 0.05) is 11.0 Å². The lowest BCUT2D eigenvalue weighted by atomic mass is 10.2. The summed E-state index contributed by atoms with van der Waals surface area (Å²) in [6, 6.07) is 9.03. The van der Waals surface area contributed by atoms with E-state index >= 15 is 0 Å². The first-order valence-electron chi connectivity index (χ1n) is 8.35. The van der Waals surface area contributed by atoms with Crippen LogP contribution in [0.5, 0.6) is 11.5 Å². The van der Waals surface area contributed by atoms with Crippen molar-refractivity contribution in [3.05, 3.63) is 51.7 Å². The first-order valence-corrected chi connectivity index (χ1v) is 9.16. The van der Waals surface area contributed by atoms with E-state index in [1.807, 2.05) is 19.9 Å². The van der Waals surface area contributed by atoms with Gasteiger partial charge in [-0.25, -0.2) is 4.79 Å². The molecule has 0 aliphatic carbocycles. The third-order valence-electron chi connectivity index (χ3n) is 3.53. The van der Waals surface area contributed by atoms with Crippen LogP contribution >= 0.6 is 11.3 Å². The van der Waals surface area contributed by atoms with Gasteiger partial charge >= 0.3 is 5.97 Å². The van der Waals surface area contributed by atoms with Gasteiger partial charge < -0.3 is 14.2 Å². The van der Waals surface area contributed by atoms with Crippen molar-refractivity contribution < 1.29 is 23.8 Å². The molecule has 0 aliphatic rings. The quantitative estimate of drug-likeness (QED) is 0.375. The van der Waals surface area contributed by atoms with Crippen LogP contribution in [-0.2, 0) is 16.0 Å². The van der Waals surface area contributed by atoms with E-state index in [0.29, 0.717) is 23.0 Å². The highest BCUT2D eigenvalue weighted by atomic mass is 32.1. The van der Waals surface area contributed by atoms with Gasteiger partial charge in [-0.05, 0) is 49.2 Å². The van der Waals surface area contributed by atoms with E-state index in [-0.39, 0.29) is 12.4 Å². The summed E-state index contributed by atoms with van der Waals surface area (Å²) in [7, 11) is 1.56. The molecule has 0 fully saturated rings. The number of thiophene rings is 1. The fraction of sp³-hybridized carbons (Fsp3) is 0.300. The lowest BCUT2D eigenvalue weighted by molar-refractivity contribution is -0.136. The number of benzene rings is 1. The predicted octanol–water partition coefficient (Wildman–Crippen LogP) is 4.16. The second kappa shape index (κ2) is 9.77. The number of hydrogen-bond acceptors (Lipinski definition) is 6. The number of ether oxygens (including phenoxy) is 3. The molecule has 0 unspecified atom stereocenters. The minimum Gasteiger partial charge on any atom is -0.493 e. The van der Waals surface area contributed by atoms with Crippen LogP contribution in [0.25, 0.3) is 6.08 Å². The molecular weight excluding hydrogens is 352 g/mol. The Morgan fingerprint density at radius 1 is 1.12 bits per heavy atom. The van der Waals surface area contributed by atoms with Crippen molar-refractivity contribution in [2.75, 3.05) is 20.3 Å². The van der Waals surface area contributed by atoms with Gasteiger partial charge in [0.2, 0.25) is 5.78 Å². The Balaban J connectivity index is 1.91. The van der Waals surface area contributed by atoms with Crippen LogP contribution in [0.2, 0.25) is 0 Å². The average molecular weight is 374 g/mol. The zero-order valence-electron chi connectivity index (χ0n) is 15.1. The molecule has 1 heterocycles. The van der Waals surface area contributed by atoms with Crippen molar-refractivity contribution in [2.45, 2.75) is 20.3 Å². The Labute approximate surface area is 157 Å². The summed E-state index contributed by atoms with van der Waals surface area (Å²) in [5, 5.41) is 0. The number of ketones is 1. The van der Waals surface area contributed by atoms with Gasteiger partial charge in [0.05, 0.1) is 18.6 Å². The summed E-state index contributed by atoms with van der Waals surface area (Å²) in [4.78, 5) is 25.6. The fourth-order valence-electron chi connectivity index (χ4n) is 2.20. The van der Waals surface area contributed by atoms with Crippen molar-refractivity contribution in [2.24, 2.45) is 0 Å². The van der Waals surface area contributed by atoms with Crippen LogP contribution in [0.15, 0.2) is 36.4 Å². The van der Waals surface area contributed by atoms with E-state index in [4.69, 9.17) is 14.2 Å². The first kappa shape index (κ1) is 19.7. The molecule has 0 amide bonds. The molecule has 0 radical (unpaired) electrons. The highest BCUT2D eigenvalue weighted by Crippen LogP contribution is 2.28. The molecule has 0 N–H and O–H groups in total. The van der Waals surface area contributed by atoms with Crippen LogP contribution in [0.3, 0.4) is 0 Å². The molecule has 0 bridgehead atoms. The maximum atomic E-state index is 12.0. The summed E-state index contributed by atoms with van der Waals surface area (Å²) in [6.07, 6.45) is 3.77. The molecule has 0 spiro atoms. The van der Waals surface area contributed by atoms with Gasteiger partial charge in [-0.15, -0.1) is 11.3 Å². The summed E-state index contributed by atoms with van der Waals surface area (Å²) in [5.74, 6) is 0.461. The lowest BCUT2D eigenvalue weighted by Crippen LogP contribution is -2.11. The highest BCUT2D eigenvalue weighted by Gasteiger charge is 2.11. The van der Waals surface area contributed by atoms with Crippen LogP contribution in [-0.4, -0.2) is 32.1 Å². The predicted molar refractivity (Wildman–Crippen MR) is 102 cm³/mol. The number of Topliss-reactive ketones (excluding diaryl/α,β-unsaturated/α-hetero) is 1. The van der Waals surface area contributed by atoms with Crippen LogP contribution < -0.4 is 9.47 Å². The van der Waals surface area contributed by atoms with Crippen molar-refractivity contribution in [3.8, 4) is 11.5 Å². The van der Waals surface area contributed by atoms with Crippen molar-refractivity contribution in [1.82, 2.24) is 0 Å². The zero-order valence-corrected chi connectivity index (χ0v) is 15.9. The molecule has 2 aromatic rings. The number of hydrogen-bond donors (Lipinski definition) is 0. The molecule has 6 heteroatoms. The maximum Gasteiger partial charge on any atom is 0.331 e. The van der Waals surface area contributed by atoms with Gasteiger partial charge in [-0.2, -0.15) is 0 Å². The van der Waals surface area contributed by atoms with Gasteiger partial charge in [0.15, 0.2) is 18.1 Å². The molecule has 0 saturated carbocycles. The number of aryl methyl sites for hydroxylation is 1. The number of carbonyl (C=O) groups is 2. The Morgan fingerprint density at radius 3 is 2.58 bits per heavy atom. The first-order chi connectivity index (χ1) is 12.6. The Bertz CT molecular complexity index is 791. The SMILES string of the molecule is CCOc1ccc(/C=C/C(=O)OCC(=O)c2ccc(CC)s2)cc1OC. The Hall–Kier alpha value is -2.60. The third-order valence-corrected chi connectivity index (χ3v) is 4.80. The van der Waals surface area contributed by atoms with Crippen molar-refractivity contribution in [3.63, 3.8) is 0 Å². The summed E-state index contributed by atoms with van der Waals surface area (Å²) in [6.45, 7) is 4.19. The summed E-state index contributed by atoms with van der Waals surface area (Å²) < 4.78 is 15.7. The summed E-state index contributed by atoms with van der Waals surface area (Å²) in [5.41, 5.74) is 0.763. The van der Waals surface area contributed by atoms with E-state index < -0.39 is 5.97 Å². The molecule has 2 rings (SSSR count). The molecule has 138 valence electrons. The topological polar surface area (TPSA) is 61.8 Å². The van der Waals surface area contributed by atoms with E-state index in [9.17, 15) is 9.59 Å². The third kappa shape index (κ3) is 5.46. The van der Waals surface area contributed by atoms with E-state index in [2.05, 4.69) is 0 Å². The van der Waals surface area contributed by atoms with Gasteiger partial charge in [0.25, 0.3) is 0 Å². The van der Waals surface area contributed by atoms with Gasteiger partial charge in [-0.1, -0.05) is 13.0 Å². The van der Waals surface area contributed by atoms with Crippen molar-refractivity contribution >= 4 is 29.2 Å². The largest absolute Gasteiger partial charge is 0.493 e. The van der Waals surface area contributed by atoms with Crippen molar-refractivity contribution in [1.29, 1.82) is 0 Å². The number of rotatable bonds is 9. The number of esters is 1. The maximum absolute atomic E-state index is 12.0. The lowest BCUT2D eigenvalue weighted by Gasteiger charge is -2.09. The molecule has 1 aromatic heterocycles. The second-order valence-corrected chi connectivity index (χ2v) is 6.50. The molecular formula is C20H22O5S. The van der Waals surface area contributed by atoms with Crippen LogP contribution in [0.1, 0.15) is 34.0 Å². The molecule has 0 atom stereocenters. The second-order valence-electron chi connectivity index (χ2n) is 5.33. The molecule has 26 heavy (non-hydrogen) atoms. The van der Waals surface area contributed by atoms with Gasteiger partial charge in [-0.3, -0.25) is 4.79 Å². The number of methoxy groups -OCH3 is 1. The van der Waals surface area contributed by atoms with E-state index in [1.165, 1.54) is 17.4 Å². The molecule has 0 saturated heterocycles. The molecule has 1 aromatic carbocycles. The van der Waals surface area contributed by atoms with Crippen LogP contribution in [0, 0.1) is 0 Å². The fourth-order valence-corrected chi connectivity index (χ4v) is 3.07. The minimum absolute atomic E-state index is 0.195. The normalized spacial score (nSPS) is 10.7. The highest BCUT2D eigenvalue weighted by molar-refractivity contribution is 7.14. The Morgan fingerprint density at radius 2 is 1.92 bits per heavy atom. The standard InChI is InChI=1S/C20H22O5S/c1-4-15-8-10-19(26-15)16(21)13-25-20(22)11-7-14-6-9-17(24-5-2)18(12-14)23-3/h6-12H,4-5,13H2,1-3H3/b11-7+. The van der Waals surface area contributed by atoms with Crippen LogP contribution in [0.4, 0.5) is 0 Å².